The SMILES string of the molecule is CCCCC(NC(=O)[C@@H](Cc1ccc(O)cc1)NC(=O)c1cc2ccccc2[nH]1)c1c(OC)cc(C)cc1OC. The van der Waals surface area contributed by atoms with Gasteiger partial charge in [-0.2, -0.15) is 0 Å². The number of ether oxygens (including phenoxy) is 2. The van der Waals surface area contributed by atoms with Gasteiger partial charge in [0.15, 0.2) is 0 Å². The van der Waals surface area contributed by atoms with E-state index in [1.54, 1.807) is 44.6 Å². The minimum absolute atomic E-state index is 0.130. The van der Waals surface area contributed by atoms with Crippen molar-refractivity contribution in [3.63, 3.8) is 0 Å². The Hall–Kier alpha value is -4.46. The smallest absolute Gasteiger partial charge is 0.268 e. The van der Waals surface area contributed by atoms with Gasteiger partial charge in [-0.05, 0) is 60.9 Å². The zero-order chi connectivity index (χ0) is 28.6. The summed E-state index contributed by atoms with van der Waals surface area (Å²) >= 11 is 0. The van der Waals surface area contributed by atoms with E-state index in [-0.39, 0.29) is 24.0 Å². The molecule has 0 saturated heterocycles. The molecule has 0 aliphatic carbocycles. The molecule has 4 rings (SSSR count). The number of aromatic amines is 1. The Balaban J connectivity index is 1.65. The van der Waals surface area contributed by atoms with E-state index >= 15 is 0 Å². The molecule has 0 aliphatic heterocycles. The number of phenolic OH excluding ortho intramolecular Hbond substituents is 1. The molecule has 0 aliphatic rings. The number of carbonyl (C=O) groups is 2. The zero-order valence-electron chi connectivity index (χ0n) is 23.4. The molecule has 2 amide bonds. The van der Waals surface area contributed by atoms with Crippen LogP contribution < -0.4 is 20.1 Å². The van der Waals surface area contributed by atoms with Crippen LogP contribution in [0.5, 0.6) is 17.2 Å². The lowest BCUT2D eigenvalue weighted by Gasteiger charge is -2.26. The molecule has 0 fully saturated rings. The molecule has 8 nitrogen and oxygen atoms in total. The molecule has 4 aromatic rings. The van der Waals surface area contributed by atoms with E-state index in [0.717, 1.165) is 40.4 Å². The highest BCUT2D eigenvalue weighted by atomic mass is 16.5. The van der Waals surface area contributed by atoms with E-state index in [2.05, 4.69) is 22.5 Å². The molecule has 4 N–H and O–H groups in total. The summed E-state index contributed by atoms with van der Waals surface area (Å²) in [4.78, 5) is 30.4. The van der Waals surface area contributed by atoms with Crippen LogP contribution in [0.3, 0.4) is 0 Å². The second-order valence-corrected chi connectivity index (χ2v) is 9.95. The minimum Gasteiger partial charge on any atom is -0.508 e. The van der Waals surface area contributed by atoms with Crippen LogP contribution in [0.15, 0.2) is 66.7 Å². The van der Waals surface area contributed by atoms with Gasteiger partial charge in [0.25, 0.3) is 5.91 Å². The molecular formula is C32H37N3O5. The van der Waals surface area contributed by atoms with Crippen LogP contribution >= 0.6 is 0 Å². The molecular weight excluding hydrogens is 506 g/mol. The fraction of sp³-hybridized carbons (Fsp3) is 0.312. The van der Waals surface area contributed by atoms with Gasteiger partial charge < -0.3 is 30.2 Å². The van der Waals surface area contributed by atoms with Crippen molar-refractivity contribution < 1.29 is 24.2 Å². The molecule has 1 aromatic heterocycles. The number of aryl methyl sites for hydroxylation is 1. The Morgan fingerprint density at radius 1 is 0.950 bits per heavy atom. The summed E-state index contributed by atoms with van der Waals surface area (Å²) < 4.78 is 11.4. The third kappa shape index (κ3) is 6.75. The number of amides is 2. The van der Waals surface area contributed by atoms with Gasteiger partial charge in [-0.1, -0.05) is 50.1 Å². The summed E-state index contributed by atoms with van der Waals surface area (Å²) in [5, 5.41) is 16.7. The number of hydrogen-bond donors (Lipinski definition) is 4. The monoisotopic (exact) mass is 543 g/mol. The Labute approximate surface area is 234 Å². The van der Waals surface area contributed by atoms with E-state index in [4.69, 9.17) is 9.47 Å². The summed E-state index contributed by atoms with van der Waals surface area (Å²) in [5.74, 6) is 0.685. The van der Waals surface area contributed by atoms with Gasteiger partial charge in [0.1, 0.15) is 29.0 Å². The van der Waals surface area contributed by atoms with E-state index in [1.807, 2.05) is 43.3 Å². The molecule has 0 radical (unpaired) electrons. The van der Waals surface area contributed by atoms with Gasteiger partial charge in [0.2, 0.25) is 5.91 Å². The van der Waals surface area contributed by atoms with Crippen molar-refractivity contribution in [3.8, 4) is 17.2 Å². The quantitative estimate of drug-likeness (QED) is 0.186. The first-order chi connectivity index (χ1) is 19.3. The van der Waals surface area contributed by atoms with Crippen LogP contribution in [-0.4, -0.2) is 42.2 Å². The number of phenols is 1. The standard InChI is InChI=1S/C32H37N3O5/c1-5-6-10-25(30-28(39-3)16-20(2)17-29(30)40-4)34-31(37)26(18-21-12-14-23(36)15-13-21)35-32(38)27-19-22-9-7-8-11-24(22)33-27/h7-9,11-17,19,25-26,33,36H,5-6,10,18H2,1-4H3,(H,34,37)(H,35,38)/t25?,26-/m1/s1. The maximum absolute atomic E-state index is 13.9. The lowest BCUT2D eigenvalue weighted by atomic mass is 9.96. The number of carbonyl (C=O) groups excluding carboxylic acids is 2. The predicted molar refractivity (Wildman–Crippen MR) is 156 cm³/mol. The van der Waals surface area contributed by atoms with Crippen LogP contribution in [0.2, 0.25) is 0 Å². The van der Waals surface area contributed by atoms with Crippen molar-refractivity contribution in [3.05, 3.63) is 89.1 Å². The topological polar surface area (TPSA) is 113 Å². The summed E-state index contributed by atoms with van der Waals surface area (Å²) in [6.07, 6.45) is 2.72. The number of H-pyrrole nitrogens is 1. The normalized spacial score (nSPS) is 12.5. The van der Waals surface area contributed by atoms with E-state index in [1.165, 1.54) is 0 Å². The molecule has 1 unspecified atom stereocenters. The first-order valence-corrected chi connectivity index (χ1v) is 13.5. The largest absolute Gasteiger partial charge is 0.508 e. The molecule has 8 heteroatoms. The Morgan fingerprint density at radius 2 is 1.62 bits per heavy atom. The summed E-state index contributed by atoms with van der Waals surface area (Å²) in [7, 11) is 3.20. The Kier molecular flexibility index (Phi) is 9.32. The van der Waals surface area contributed by atoms with E-state index in [9.17, 15) is 14.7 Å². The van der Waals surface area contributed by atoms with Gasteiger partial charge >= 0.3 is 0 Å². The van der Waals surface area contributed by atoms with Gasteiger partial charge in [0, 0.05) is 17.3 Å². The summed E-state index contributed by atoms with van der Waals surface area (Å²) in [6.45, 7) is 4.05. The van der Waals surface area contributed by atoms with E-state index in [0.29, 0.717) is 23.6 Å². The number of unbranched alkanes of at least 4 members (excludes halogenated alkanes) is 1. The first-order valence-electron chi connectivity index (χ1n) is 13.5. The van der Waals surface area contributed by atoms with Crippen molar-refractivity contribution >= 4 is 22.7 Å². The summed E-state index contributed by atoms with van der Waals surface area (Å²) in [6, 6.07) is 18.6. The number of rotatable bonds is 12. The molecule has 0 saturated carbocycles. The zero-order valence-corrected chi connectivity index (χ0v) is 23.4. The first kappa shape index (κ1) is 28.5. The number of methoxy groups -OCH3 is 2. The molecule has 0 spiro atoms. The molecule has 2 atom stereocenters. The highest BCUT2D eigenvalue weighted by Gasteiger charge is 2.28. The number of benzene rings is 3. The molecule has 1 heterocycles. The fourth-order valence-electron chi connectivity index (χ4n) is 4.89. The van der Waals surface area contributed by atoms with Gasteiger partial charge in [-0.3, -0.25) is 9.59 Å². The second kappa shape index (κ2) is 13.1. The number of para-hydroxylation sites is 1. The average molecular weight is 544 g/mol. The lowest BCUT2D eigenvalue weighted by Crippen LogP contribution is -2.49. The van der Waals surface area contributed by atoms with Crippen LogP contribution in [0.1, 0.15) is 59.4 Å². The maximum Gasteiger partial charge on any atom is 0.268 e. The van der Waals surface area contributed by atoms with Crippen molar-refractivity contribution in [2.75, 3.05) is 14.2 Å². The van der Waals surface area contributed by atoms with Crippen molar-refractivity contribution in [2.24, 2.45) is 0 Å². The Bertz CT molecular complexity index is 1400. The predicted octanol–water partition coefficient (Wildman–Crippen LogP) is 5.59. The van der Waals surface area contributed by atoms with Crippen LogP contribution in [-0.2, 0) is 11.2 Å². The lowest BCUT2D eigenvalue weighted by molar-refractivity contribution is -0.123. The highest BCUT2D eigenvalue weighted by molar-refractivity contribution is 6.00. The second-order valence-electron chi connectivity index (χ2n) is 9.95. The molecule has 210 valence electrons. The van der Waals surface area contributed by atoms with Crippen LogP contribution in [0.25, 0.3) is 10.9 Å². The third-order valence-electron chi connectivity index (χ3n) is 6.97. The van der Waals surface area contributed by atoms with Crippen molar-refractivity contribution in [1.82, 2.24) is 15.6 Å². The maximum atomic E-state index is 13.9. The average Bonchev–Trinajstić information content (AvgIpc) is 3.40. The number of nitrogens with one attached hydrogen (secondary N) is 3. The van der Waals surface area contributed by atoms with Gasteiger partial charge in [0.05, 0.1) is 25.8 Å². The van der Waals surface area contributed by atoms with Crippen LogP contribution in [0, 0.1) is 6.92 Å². The third-order valence-corrected chi connectivity index (χ3v) is 6.97. The highest BCUT2D eigenvalue weighted by Crippen LogP contribution is 2.38. The van der Waals surface area contributed by atoms with E-state index < -0.39 is 12.1 Å². The fourth-order valence-corrected chi connectivity index (χ4v) is 4.89. The van der Waals surface area contributed by atoms with Crippen molar-refractivity contribution in [2.45, 2.75) is 51.6 Å². The number of fused-ring (bicyclic) bond motifs is 1. The van der Waals surface area contributed by atoms with Gasteiger partial charge in [-0.15, -0.1) is 0 Å². The number of aromatic hydroxyl groups is 1. The molecule has 3 aromatic carbocycles. The molecule has 40 heavy (non-hydrogen) atoms. The summed E-state index contributed by atoms with van der Waals surface area (Å²) in [5.41, 5.74) is 3.75. The molecule has 0 bridgehead atoms. The number of aromatic nitrogens is 1. The van der Waals surface area contributed by atoms with Gasteiger partial charge in [-0.25, -0.2) is 0 Å². The number of hydrogen-bond acceptors (Lipinski definition) is 5. The van der Waals surface area contributed by atoms with Crippen LogP contribution in [0.4, 0.5) is 0 Å². The van der Waals surface area contributed by atoms with Crippen molar-refractivity contribution in [1.29, 1.82) is 0 Å². The minimum atomic E-state index is -0.880. The Morgan fingerprint density at radius 3 is 2.25 bits per heavy atom.